The number of para-hydroxylation sites is 2. The van der Waals surface area contributed by atoms with Crippen molar-refractivity contribution in [2.45, 2.75) is 51.4 Å². The van der Waals surface area contributed by atoms with Gasteiger partial charge in [0.05, 0.1) is 13.2 Å². The minimum Gasteiger partial charge on any atom is -0.449 e. The van der Waals surface area contributed by atoms with Gasteiger partial charge in [0.15, 0.2) is 0 Å². The summed E-state index contributed by atoms with van der Waals surface area (Å²) in [5, 5.41) is 5.37. The number of hydrogen-bond donors (Lipinski definition) is 2. The summed E-state index contributed by atoms with van der Waals surface area (Å²) in [6.07, 6.45) is 6.15. The zero-order chi connectivity index (χ0) is 24.1. The van der Waals surface area contributed by atoms with Gasteiger partial charge in [-0.15, -0.1) is 0 Å². The number of amides is 2. The Labute approximate surface area is 202 Å². The lowest BCUT2D eigenvalue weighted by Crippen LogP contribution is -2.14. The van der Waals surface area contributed by atoms with Crippen molar-refractivity contribution in [3.63, 3.8) is 0 Å². The Hall–Kier alpha value is -3.90. The molecule has 0 unspecified atom stereocenters. The minimum absolute atomic E-state index is 0.397. The summed E-state index contributed by atoms with van der Waals surface area (Å²) in [7, 11) is 0. The zero-order valence-electron chi connectivity index (χ0n) is 19.5. The molecule has 2 aromatic rings. The van der Waals surface area contributed by atoms with Crippen LogP contribution in [0.2, 0.25) is 0 Å². The number of unbranched alkanes of at least 4 members (excludes halogenated alkanes) is 6. The summed E-state index contributed by atoms with van der Waals surface area (Å²) < 4.78 is 10.3. The van der Waals surface area contributed by atoms with Gasteiger partial charge in [-0.2, -0.15) is 0 Å². The van der Waals surface area contributed by atoms with E-state index in [0.717, 1.165) is 62.7 Å². The van der Waals surface area contributed by atoms with Gasteiger partial charge in [-0.1, -0.05) is 48.2 Å². The highest BCUT2D eigenvalue weighted by Crippen LogP contribution is 2.07. The molecule has 6 nitrogen and oxygen atoms in total. The Morgan fingerprint density at radius 1 is 0.588 bits per heavy atom. The van der Waals surface area contributed by atoms with Gasteiger partial charge in [-0.05, 0) is 74.6 Å². The average Bonchev–Trinajstić information content (AvgIpc) is 2.85. The van der Waals surface area contributed by atoms with Gasteiger partial charge in [0.1, 0.15) is 0 Å². The highest BCUT2D eigenvalue weighted by molar-refractivity contribution is 5.84. The van der Waals surface area contributed by atoms with Crippen molar-refractivity contribution >= 4 is 23.6 Å². The number of rotatable bonds is 12. The Kier molecular flexibility index (Phi) is 13.7. The molecular weight excluding hydrogens is 428 g/mol. The molecule has 0 saturated heterocycles. The third-order valence-corrected chi connectivity index (χ3v) is 4.64. The molecule has 0 atom stereocenters. The van der Waals surface area contributed by atoms with Crippen molar-refractivity contribution in [2.24, 2.45) is 0 Å². The van der Waals surface area contributed by atoms with Crippen LogP contribution in [0.3, 0.4) is 0 Å². The van der Waals surface area contributed by atoms with Crippen LogP contribution >= 0.6 is 0 Å². The van der Waals surface area contributed by atoms with Gasteiger partial charge in [0.2, 0.25) is 0 Å². The highest BCUT2D eigenvalue weighted by Gasteiger charge is 2.02. The van der Waals surface area contributed by atoms with Crippen LogP contribution in [0.4, 0.5) is 21.0 Å². The lowest BCUT2D eigenvalue weighted by molar-refractivity contribution is 0.158. The molecule has 0 saturated carbocycles. The van der Waals surface area contributed by atoms with E-state index in [2.05, 4.69) is 34.3 Å². The molecule has 34 heavy (non-hydrogen) atoms. The molecule has 0 spiro atoms. The number of nitrogens with one attached hydrogen (secondary N) is 2. The van der Waals surface area contributed by atoms with E-state index in [-0.39, 0.29) is 0 Å². The van der Waals surface area contributed by atoms with E-state index in [9.17, 15) is 9.59 Å². The molecule has 178 valence electrons. The Morgan fingerprint density at radius 2 is 1.00 bits per heavy atom. The molecule has 0 aliphatic carbocycles. The number of anilines is 2. The molecular formula is C28H32N2O4. The number of benzene rings is 2. The summed E-state index contributed by atoms with van der Waals surface area (Å²) in [5.41, 5.74) is 1.45. The predicted octanol–water partition coefficient (Wildman–Crippen LogP) is 6.61. The Bertz CT molecular complexity index is 888. The van der Waals surface area contributed by atoms with Gasteiger partial charge in [-0.25, -0.2) is 9.59 Å². The molecule has 0 radical (unpaired) electrons. The van der Waals surface area contributed by atoms with Crippen LogP contribution in [-0.4, -0.2) is 25.4 Å². The normalized spacial score (nSPS) is 9.53. The third-order valence-electron chi connectivity index (χ3n) is 4.64. The summed E-state index contributed by atoms with van der Waals surface area (Å²) in [6, 6.07) is 18.5. The summed E-state index contributed by atoms with van der Waals surface area (Å²) in [6.45, 7) is 0.795. The second kappa shape index (κ2) is 17.6. The van der Waals surface area contributed by atoms with E-state index in [1.165, 1.54) is 0 Å². The highest BCUT2D eigenvalue weighted by atomic mass is 16.6. The van der Waals surface area contributed by atoms with Crippen LogP contribution in [0.15, 0.2) is 60.7 Å². The Morgan fingerprint density at radius 3 is 1.41 bits per heavy atom. The van der Waals surface area contributed by atoms with Gasteiger partial charge in [0, 0.05) is 24.2 Å². The monoisotopic (exact) mass is 460 g/mol. The molecule has 2 rings (SSSR count). The lowest BCUT2D eigenvalue weighted by Gasteiger charge is -2.06. The van der Waals surface area contributed by atoms with Crippen LogP contribution in [0.5, 0.6) is 0 Å². The minimum atomic E-state index is -0.428. The van der Waals surface area contributed by atoms with E-state index in [0.29, 0.717) is 13.2 Å². The first-order chi connectivity index (χ1) is 16.7. The molecule has 0 aliphatic rings. The molecule has 2 N–H and O–H groups in total. The lowest BCUT2D eigenvalue weighted by atomic mass is 10.2. The molecule has 2 aromatic carbocycles. The maximum absolute atomic E-state index is 11.6. The van der Waals surface area contributed by atoms with Gasteiger partial charge >= 0.3 is 12.2 Å². The van der Waals surface area contributed by atoms with E-state index < -0.39 is 12.2 Å². The second-order valence-corrected chi connectivity index (χ2v) is 7.48. The van der Waals surface area contributed by atoms with Crippen molar-refractivity contribution in [2.75, 3.05) is 23.8 Å². The average molecular weight is 461 g/mol. The third kappa shape index (κ3) is 13.5. The molecule has 0 aromatic heterocycles. The smallest absolute Gasteiger partial charge is 0.411 e. The van der Waals surface area contributed by atoms with E-state index in [1.54, 1.807) is 0 Å². The van der Waals surface area contributed by atoms with Crippen LogP contribution in [-0.2, 0) is 9.47 Å². The quantitative estimate of drug-likeness (QED) is 0.276. The van der Waals surface area contributed by atoms with E-state index in [1.807, 2.05) is 60.7 Å². The molecule has 0 fully saturated rings. The van der Waals surface area contributed by atoms with E-state index in [4.69, 9.17) is 9.47 Å². The molecule has 0 heterocycles. The summed E-state index contributed by atoms with van der Waals surface area (Å²) in [4.78, 5) is 23.3. The fourth-order valence-corrected chi connectivity index (χ4v) is 2.88. The van der Waals surface area contributed by atoms with E-state index >= 15 is 0 Å². The fourth-order valence-electron chi connectivity index (χ4n) is 2.88. The topological polar surface area (TPSA) is 76.7 Å². The molecule has 0 bridgehead atoms. The SMILES string of the molecule is O=C(Nc1ccccc1)OCCCCCC#CC#CCCCCCOC(=O)Nc1ccccc1. The fraction of sp³-hybridized carbons (Fsp3) is 0.357. The first kappa shape index (κ1) is 26.4. The standard InChI is InChI=1S/C28H32N2O4/c31-27(29-25-19-13-11-14-20-25)33-23-17-9-7-5-3-1-2-4-6-8-10-18-24-34-28(32)30-26-21-15-12-16-22-26/h11-16,19-22H,5-10,17-18,23-24H2,(H,29,31)(H,30,32). The van der Waals surface area contributed by atoms with Crippen LogP contribution in [0.25, 0.3) is 0 Å². The number of carbonyl (C=O) groups excluding carboxylic acids is 2. The largest absolute Gasteiger partial charge is 0.449 e. The summed E-state index contributed by atoms with van der Waals surface area (Å²) in [5.74, 6) is 11.9. The van der Waals surface area contributed by atoms with Crippen LogP contribution in [0, 0.1) is 23.7 Å². The van der Waals surface area contributed by atoms with Crippen molar-refractivity contribution in [3.8, 4) is 23.7 Å². The maximum atomic E-state index is 11.6. The van der Waals surface area contributed by atoms with Crippen molar-refractivity contribution in [3.05, 3.63) is 60.7 Å². The second-order valence-electron chi connectivity index (χ2n) is 7.48. The number of hydrogen-bond acceptors (Lipinski definition) is 4. The van der Waals surface area contributed by atoms with Gasteiger partial charge in [-0.3, -0.25) is 10.6 Å². The zero-order valence-corrected chi connectivity index (χ0v) is 19.5. The molecule has 6 heteroatoms. The molecule has 2 amide bonds. The van der Waals surface area contributed by atoms with Crippen molar-refractivity contribution in [1.82, 2.24) is 0 Å². The Balaban J connectivity index is 1.37. The van der Waals surface area contributed by atoms with Crippen LogP contribution < -0.4 is 10.6 Å². The van der Waals surface area contributed by atoms with Crippen LogP contribution in [0.1, 0.15) is 51.4 Å². The first-order valence-corrected chi connectivity index (χ1v) is 11.7. The first-order valence-electron chi connectivity index (χ1n) is 11.7. The van der Waals surface area contributed by atoms with Crippen molar-refractivity contribution < 1.29 is 19.1 Å². The van der Waals surface area contributed by atoms with Gasteiger partial charge < -0.3 is 9.47 Å². The summed E-state index contributed by atoms with van der Waals surface area (Å²) >= 11 is 0. The maximum Gasteiger partial charge on any atom is 0.411 e. The predicted molar refractivity (Wildman–Crippen MR) is 135 cm³/mol. The number of ether oxygens (including phenoxy) is 2. The molecule has 0 aliphatic heterocycles. The number of carbonyl (C=O) groups is 2. The van der Waals surface area contributed by atoms with Crippen molar-refractivity contribution in [1.29, 1.82) is 0 Å². The van der Waals surface area contributed by atoms with Gasteiger partial charge in [0.25, 0.3) is 0 Å².